The summed E-state index contributed by atoms with van der Waals surface area (Å²) in [5.41, 5.74) is 1.23. The van der Waals surface area contributed by atoms with E-state index in [1.807, 2.05) is 23.9 Å². The van der Waals surface area contributed by atoms with Gasteiger partial charge < -0.3 is 10.4 Å². The van der Waals surface area contributed by atoms with Crippen molar-refractivity contribution in [2.75, 3.05) is 11.5 Å². The number of carboxylic acid groups (broad SMARTS) is 1. The van der Waals surface area contributed by atoms with Crippen LogP contribution < -0.4 is 5.32 Å². The van der Waals surface area contributed by atoms with E-state index in [1.54, 1.807) is 12.1 Å². The molecular formula is C13H19NO2S. The third-order valence-electron chi connectivity index (χ3n) is 2.46. The molecule has 0 aliphatic carbocycles. The third-order valence-corrected chi connectivity index (χ3v) is 3.60. The average Bonchev–Trinajstić information content (AvgIpc) is 2.34. The number of aromatic carboxylic acids is 1. The van der Waals surface area contributed by atoms with Crippen LogP contribution in [0, 0.1) is 0 Å². The van der Waals surface area contributed by atoms with Crippen LogP contribution in [0.3, 0.4) is 0 Å². The standard InChI is InChI=1S/C13H19NO2S/c1-3-17-9-10(2)14-8-11-6-4-5-7-12(11)13(15)16/h4-7,10,14H,3,8-9H2,1-2H3,(H,15,16). The fraction of sp³-hybridized carbons (Fsp3) is 0.462. The van der Waals surface area contributed by atoms with Crippen molar-refractivity contribution >= 4 is 17.7 Å². The summed E-state index contributed by atoms with van der Waals surface area (Å²) >= 11 is 1.88. The Kier molecular flexibility index (Phi) is 6.08. The SMILES string of the molecule is CCSCC(C)NCc1ccccc1C(=O)O. The molecule has 94 valence electrons. The molecule has 3 nitrogen and oxygen atoms in total. The van der Waals surface area contributed by atoms with Crippen LogP contribution in [0.4, 0.5) is 0 Å². The highest BCUT2D eigenvalue weighted by Gasteiger charge is 2.09. The van der Waals surface area contributed by atoms with Crippen molar-refractivity contribution in [1.82, 2.24) is 5.32 Å². The molecule has 0 bridgehead atoms. The van der Waals surface area contributed by atoms with E-state index in [0.29, 0.717) is 18.2 Å². The van der Waals surface area contributed by atoms with E-state index < -0.39 is 5.97 Å². The maximum atomic E-state index is 11.0. The molecule has 0 heterocycles. The quantitative estimate of drug-likeness (QED) is 0.784. The van der Waals surface area contributed by atoms with Gasteiger partial charge in [-0.2, -0.15) is 11.8 Å². The van der Waals surface area contributed by atoms with Crippen LogP contribution in [0.1, 0.15) is 29.8 Å². The number of carbonyl (C=O) groups is 1. The molecule has 17 heavy (non-hydrogen) atoms. The summed E-state index contributed by atoms with van der Waals surface area (Å²) in [4.78, 5) is 11.0. The first kappa shape index (κ1) is 14.1. The molecule has 1 aromatic rings. The molecule has 0 radical (unpaired) electrons. The number of rotatable bonds is 7. The van der Waals surface area contributed by atoms with Crippen molar-refractivity contribution in [1.29, 1.82) is 0 Å². The normalized spacial score (nSPS) is 12.4. The van der Waals surface area contributed by atoms with E-state index in [1.165, 1.54) is 0 Å². The zero-order chi connectivity index (χ0) is 12.7. The molecule has 1 rings (SSSR count). The van der Waals surface area contributed by atoms with Crippen LogP contribution in [0.2, 0.25) is 0 Å². The largest absolute Gasteiger partial charge is 0.478 e. The Labute approximate surface area is 107 Å². The summed E-state index contributed by atoms with van der Waals surface area (Å²) in [5.74, 6) is 1.29. The van der Waals surface area contributed by atoms with Crippen LogP contribution >= 0.6 is 11.8 Å². The number of nitrogens with one attached hydrogen (secondary N) is 1. The minimum atomic E-state index is -0.863. The Morgan fingerprint density at radius 2 is 2.18 bits per heavy atom. The van der Waals surface area contributed by atoms with Crippen molar-refractivity contribution in [3.8, 4) is 0 Å². The predicted molar refractivity (Wildman–Crippen MR) is 72.7 cm³/mol. The second-order valence-corrected chi connectivity index (χ2v) is 5.22. The van der Waals surface area contributed by atoms with Gasteiger partial charge in [-0.3, -0.25) is 0 Å². The molecular weight excluding hydrogens is 234 g/mol. The van der Waals surface area contributed by atoms with Crippen molar-refractivity contribution in [3.05, 3.63) is 35.4 Å². The lowest BCUT2D eigenvalue weighted by atomic mass is 10.1. The van der Waals surface area contributed by atoms with E-state index >= 15 is 0 Å². The first-order valence-electron chi connectivity index (χ1n) is 5.77. The molecule has 1 atom stereocenters. The molecule has 0 aromatic heterocycles. The van der Waals surface area contributed by atoms with Crippen molar-refractivity contribution < 1.29 is 9.90 Å². The summed E-state index contributed by atoms with van der Waals surface area (Å²) in [6.45, 7) is 4.86. The van der Waals surface area contributed by atoms with E-state index in [9.17, 15) is 4.79 Å². The Balaban J connectivity index is 2.54. The van der Waals surface area contributed by atoms with E-state index in [4.69, 9.17) is 5.11 Å². The van der Waals surface area contributed by atoms with Crippen LogP contribution in [0.15, 0.2) is 24.3 Å². The van der Waals surface area contributed by atoms with E-state index in [0.717, 1.165) is 17.1 Å². The molecule has 0 saturated carbocycles. The fourth-order valence-electron chi connectivity index (χ4n) is 1.52. The minimum Gasteiger partial charge on any atom is -0.478 e. The highest BCUT2D eigenvalue weighted by atomic mass is 32.2. The second kappa shape index (κ2) is 7.35. The topological polar surface area (TPSA) is 49.3 Å². The van der Waals surface area contributed by atoms with Crippen molar-refractivity contribution in [3.63, 3.8) is 0 Å². The number of hydrogen-bond donors (Lipinski definition) is 2. The van der Waals surface area contributed by atoms with Gasteiger partial charge in [0.05, 0.1) is 5.56 Å². The highest BCUT2D eigenvalue weighted by Crippen LogP contribution is 2.09. The van der Waals surface area contributed by atoms with Gasteiger partial charge in [0.1, 0.15) is 0 Å². The molecule has 2 N–H and O–H groups in total. The summed E-state index contributed by atoms with van der Waals surface area (Å²) in [6, 6.07) is 7.51. The molecule has 0 aliphatic heterocycles. The summed E-state index contributed by atoms with van der Waals surface area (Å²) < 4.78 is 0. The maximum absolute atomic E-state index is 11.0. The zero-order valence-corrected chi connectivity index (χ0v) is 11.1. The van der Waals surface area contributed by atoms with Gasteiger partial charge in [0.25, 0.3) is 0 Å². The molecule has 0 saturated heterocycles. The lowest BCUT2D eigenvalue weighted by Crippen LogP contribution is -2.28. The smallest absolute Gasteiger partial charge is 0.336 e. The summed E-state index contributed by atoms with van der Waals surface area (Å²) in [6.07, 6.45) is 0. The van der Waals surface area contributed by atoms with Gasteiger partial charge in [-0.1, -0.05) is 25.1 Å². The van der Waals surface area contributed by atoms with Gasteiger partial charge in [-0.15, -0.1) is 0 Å². The van der Waals surface area contributed by atoms with Gasteiger partial charge >= 0.3 is 5.97 Å². The Morgan fingerprint density at radius 1 is 1.47 bits per heavy atom. The van der Waals surface area contributed by atoms with Gasteiger partial charge in [0.2, 0.25) is 0 Å². The van der Waals surface area contributed by atoms with E-state index in [-0.39, 0.29) is 0 Å². The third kappa shape index (κ3) is 4.79. The van der Waals surface area contributed by atoms with Crippen LogP contribution in [-0.2, 0) is 6.54 Å². The van der Waals surface area contributed by atoms with E-state index in [2.05, 4.69) is 19.2 Å². The van der Waals surface area contributed by atoms with Gasteiger partial charge in [-0.05, 0) is 24.3 Å². The highest BCUT2D eigenvalue weighted by molar-refractivity contribution is 7.99. The van der Waals surface area contributed by atoms with Crippen molar-refractivity contribution in [2.24, 2.45) is 0 Å². The molecule has 0 spiro atoms. The monoisotopic (exact) mass is 253 g/mol. The molecule has 1 aromatic carbocycles. The Morgan fingerprint density at radius 3 is 2.82 bits per heavy atom. The average molecular weight is 253 g/mol. The summed E-state index contributed by atoms with van der Waals surface area (Å²) in [5, 5.41) is 12.4. The summed E-state index contributed by atoms with van der Waals surface area (Å²) in [7, 11) is 0. The predicted octanol–water partition coefficient (Wildman–Crippen LogP) is 2.62. The minimum absolute atomic E-state index is 0.385. The zero-order valence-electron chi connectivity index (χ0n) is 10.3. The number of thioether (sulfide) groups is 1. The maximum Gasteiger partial charge on any atom is 0.336 e. The Bertz CT molecular complexity index is 368. The molecule has 0 amide bonds. The lowest BCUT2D eigenvalue weighted by Gasteiger charge is -2.14. The van der Waals surface area contributed by atoms with Crippen LogP contribution in [0.25, 0.3) is 0 Å². The number of carboxylic acids is 1. The molecule has 0 fully saturated rings. The van der Waals surface area contributed by atoms with Gasteiger partial charge in [-0.25, -0.2) is 4.79 Å². The fourth-order valence-corrected chi connectivity index (χ4v) is 2.23. The molecule has 0 aliphatic rings. The molecule has 1 unspecified atom stereocenters. The van der Waals surface area contributed by atoms with Crippen LogP contribution in [0.5, 0.6) is 0 Å². The lowest BCUT2D eigenvalue weighted by molar-refractivity contribution is 0.0695. The second-order valence-electron chi connectivity index (χ2n) is 3.90. The number of hydrogen-bond acceptors (Lipinski definition) is 3. The molecule has 4 heteroatoms. The van der Waals surface area contributed by atoms with Crippen molar-refractivity contribution in [2.45, 2.75) is 26.4 Å². The number of benzene rings is 1. The first-order valence-corrected chi connectivity index (χ1v) is 6.93. The first-order chi connectivity index (χ1) is 8.15. The van der Waals surface area contributed by atoms with Gasteiger partial charge in [0, 0.05) is 18.3 Å². The Hall–Kier alpha value is -1.00. The van der Waals surface area contributed by atoms with Crippen LogP contribution in [-0.4, -0.2) is 28.6 Å². The van der Waals surface area contributed by atoms with Gasteiger partial charge in [0.15, 0.2) is 0 Å².